The molecule has 0 bridgehead atoms. The van der Waals surface area contributed by atoms with Crippen LogP contribution < -0.4 is 4.74 Å². The maximum Gasteiger partial charge on any atom is 0.293 e. The highest BCUT2D eigenvalue weighted by Crippen LogP contribution is 2.39. The summed E-state index contributed by atoms with van der Waals surface area (Å²) in [6, 6.07) is 2.18. The predicted molar refractivity (Wildman–Crippen MR) is 90.5 cm³/mol. The zero-order valence-electron chi connectivity index (χ0n) is 13.6. The third-order valence-electron chi connectivity index (χ3n) is 3.41. The number of rotatable bonds is 7. The first-order valence-corrected chi connectivity index (χ1v) is 8.00. The second kappa shape index (κ2) is 7.99. The lowest BCUT2D eigenvalue weighted by Gasteiger charge is -2.11. The topological polar surface area (TPSA) is 119 Å². The summed E-state index contributed by atoms with van der Waals surface area (Å²) in [7, 11) is 2.78. The fourth-order valence-electron chi connectivity index (χ4n) is 2.19. The first-order chi connectivity index (χ1) is 11.9. The zero-order valence-corrected chi connectivity index (χ0v) is 14.4. The molecule has 1 saturated heterocycles. The van der Waals surface area contributed by atoms with Crippen molar-refractivity contribution in [1.82, 2.24) is 4.90 Å². The molecule has 0 aromatic heterocycles. The monoisotopic (exact) mass is 368 g/mol. The molecule has 0 atom stereocenters. The highest BCUT2D eigenvalue weighted by molar-refractivity contribution is 8.18. The molecule has 1 aliphatic heterocycles. The number of nitrogens with zero attached hydrogens (tertiary/aromatic N) is 2. The summed E-state index contributed by atoms with van der Waals surface area (Å²) in [5.41, 5.74) is -0.284. The van der Waals surface area contributed by atoms with Gasteiger partial charge in [-0.1, -0.05) is 0 Å². The Morgan fingerprint density at radius 1 is 1.36 bits per heavy atom. The third kappa shape index (κ3) is 4.09. The number of carbonyl (C=O) groups is 2. The molecule has 1 aliphatic rings. The minimum atomic E-state index is -0.643. The minimum Gasteiger partial charge on any atom is -0.504 e. The van der Waals surface area contributed by atoms with E-state index in [4.69, 9.17) is 9.47 Å². The molecule has 1 fully saturated rings. The molecule has 2 rings (SSSR count). The van der Waals surface area contributed by atoms with Gasteiger partial charge in [0.1, 0.15) is 0 Å². The van der Waals surface area contributed by atoms with Gasteiger partial charge >= 0.3 is 0 Å². The molecule has 1 N–H and O–H groups in total. The molecule has 1 aromatic carbocycles. The van der Waals surface area contributed by atoms with Gasteiger partial charge in [0.05, 0.1) is 23.0 Å². The van der Waals surface area contributed by atoms with Crippen molar-refractivity contribution in [2.24, 2.45) is 0 Å². The molecule has 0 radical (unpaired) electrons. The van der Waals surface area contributed by atoms with Crippen LogP contribution in [-0.4, -0.2) is 53.4 Å². The molecule has 0 saturated carbocycles. The number of phenols is 1. The third-order valence-corrected chi connectivity index (χ3v) is 4.32. The number of hydrogen-bond donors (Lipinski definition) is 1. The number of nitro groups is 1. The average molecular weight is 368 g/mol. The molecule has 9 nitrogen and oxygen atoms in total. The van der Waals surface area contributed by atoms with Gasteiger partial charge in [-0.3, -0.25) is 24.6 Å². The lowest BCUT2D eigenvalue weighted by atomic mass is 10.1. The van der Waals surface area contributed by atoms with Gasteiger partial charge in [-0.15, -0.1) is 0 Å². The van der Waals surface area contributed by atoms with Crippen LogP contribution in [-0.2, 0) is 9.53 Å². The van der Waals surface area contributed by atoms with E-state index in [0.717, 1.165) is 17.0 Å². The van der Waals surface area contributed by atoms with Crippen molar-refractivity contribution in [3.63, 3.8) is 0 Å². The number of ether oxygens (including phenoxy) is 2. The number of phenolic OH excluding ortho intramolecular Hbond substituents is 1. The van der Waals surface area contributed by atoms with E-state index < -0.39 is 16.1 Å². The Bertz CT molecular complexity index is 748. The molecule has 2 amide bonds. The lowest BCUT2D eigenvalue weighted by Crippen LogP contribution is -2.29. The van der Waals surface area contributed by atoms with Crippen LogP contribution in [0.1, 0.15) is 12.0 Å². The summed E-state index contributed by atoms with van der Waals surface area (Å²) >= 11 is 0.707. The van der Waals surface area contributed by atoms with Crippen molar-refractivity contribution in [2.45, 2.75) is 6.42 Å². The number of hydrogen-bond acceptors (Lipinski definition) is 8. The van der Waals surface area contributed by atoms with Gasteiger partial charge in [0.15, 0.2) is 11.5 Å². The van der Waals surface area contributed by atoms with Crippen molar-refractivity contribution >= 4 is 34.7 Å². The zero-order chi connectivity index (χ0) is 18.6. The Hall–Kier alpha value is -2.59. The van der Waals surface area contributed by atoms with Crippen LogP contribution in [0.15, 0.2) is 17.0 Å². The van der Waals surface area contributed by atoms with Crippen molar-refractivity contribution < 1.29 is 29.1 Å². The average Bonchev–Trinajstić information content (AvgIpc) is 2.84. The van der Waals surface area contributed by atoms with E-state index >= 15 is 0 Å². The summed E-state index contributed by atoms with van der Waals surface area (Å²) in [6.07, 6.45) is 1.74. The normalized spacial score (nSPS) is 15.9. The maximum atomic E-state index is 12.3. The van der Waals surface area contributed by atoms with Crippen LogP contribution in [0.5, 0.6) is 11.5 Å². The second-order valence-electron chi connectivity index (χ2n) is 5.02. The number of methoxy groups -OCH3 is 2. The highest BCUT2D eigenvalue weighted by Gasteiger charge is 2.35. The number of benzene rings is 1. The number of imide groups is 1. The Balaban J connectivity index is 2.34. The van der Waals surface area contributed by atoms with E-state index in [2.05, 4.69) is 0 Å². The van der Waals surface area contributed by atoms with Gasteiger partial charge in [0, 0.05) is 31.9 Å². The van der Waals surface area contributed by atoms with Crippen molar-refractivity contribution in [1.29, 1.82) is 0 Å². The molecule has 0 aliphatic carbocycles. The van der Waals surface area contributed by atoms with E-state index in [9.17, 15) is 24.8 Å². The van der Waals surface area contributed by atoms with Crippen LogP contribution in [0.25, 0.3) is 6.08 Å². The first kappa shape index (κ1) is 18.7. The van der Waals surface area contributed by atoms with Crippen molar-refractivity contribution in [3.05, 3.63) is 32.7 Å². The van der Waals surface area contributed by atoms with Crippen molar-refractivity contribution in [3.8, 4) is 11.5 Å². The van der Waals surface area contributed by atoms with Gasteiger partial charge < -0.3 is 14.6 Å². The fraction of sp³-hybridized carbons (Fsp3) is 0.333. The smallest absolute Gasteiger partial charge is 0.293 e. The number of non-ortho nitro benzene ring substituents is 1. The first-order valence-electron chi connectivity index (χ1n) is 7.18. The predicted octanol–water partition coefficient (Wildman–Crippen LogP) is 2.38. The minimum absolute atomic E-state index is 0.0217. The van der Waals surface area contributed by atoms with E-state index in [1.165, 1.54) is 20.3 Å². The molecule has 1 heterocycles. The number of nitro benzene ring substituents is 1. The standard InChI is InChI=1S/C15H16N2O7S/c1-23-5-3-4-16-14(19)12(25-15(16)20)7-9-6-10(17(21)22)8-11(24-2)13(9)18/h6-8,18H,3-5H2,1-2H3/b12-7+. The van der Waals surface area contributed by atoms with E-state index in [-0.39, 0.29) is 34.2 Å². The van der Waals surface area contributed by atoms with Gasteiger partial charge in [-0.25, -0.2) is 0 Å². The molecule has 25 heavy (non-hydrogen) atoms. The van der Waals surface area contributed by atoms with Gasteiger partial charge in [-0.05, 0) is 24.3 Å². The Labute approximate surface area is 147 Å². The summed E-state index contributed by atoms with van der Waals surface area (Å²) in [5, 5.41) is 20.7. The molecule has 0 unspecified atom stereocenters. The summed E-state index contributed by atoms with van der Waals surface area (Å²) in [5.74, 6) is -0.963. The quantitative estimate of drug-likeness (QED) is 0.337. The van der Waals surface area contributed by atoms with E-state index in [0.29, 0.717) is 24.8 Å². The second-order valence-corrected chi connectivity index (χ2v) is 6.02. The molecular formula is C15H16N2O7S. The van der Waals surface area contributed by atoms with Crippen LogP contribution in [0.4, 0.5) is 10.5 Å². The maximum absolute atomic E-state index is 12.3. The van der Waals surface area contributed by atoms with Crippen LogP contribution in [0, 0.1) is 10.1 Å². The van der Waals surface area contributed by atoms with E-state index in [1.807, 2.05) is 0 Å². The fourth-order valence-corrected chi connectivity index (χ4v) is 3.04. The van der Waals surface area contributed by atoms with E-state index in [1.54, 1.807) is 0 Å². The Morgan fingerprint density at radius 2 is 2.08 bits per heavy atom. The van der Waals surface area contributed by atoms with Gasteiger partial charge in [-0.2, -0.15) is 0 Å². The highest BCUT2D eigenvalue weighted by atomic mass is 32.2. The van der Waals surface area contributed by atoms with Crippen LogP contribution in [0.3, 0.4) is 0 Å². The Kier molecular flexibility index (Phi) is 5.99. The number of carbonyl (C=O) groups excluding carboxylic acids is 2. The van der Waals surface area contributed by atoms with Crippen LogP contribution in [0.2, 0.25) is 0 Å². The SMILES string of the molecule is COCCCN1C(=O)S/C(=C/c2cc([N+](=O)[O-])cc(OC)c2O)C1=O. The molecular weight excluding hydrogens is 352 g/mol. The largest absolute Gasteiger partial charge is 0.504 e. The molecule has 134 valence electrons. The summed E-state index contributed by atoms with van der Waals surface area (Å²) < 4.78 is 9.80. The van der Waals surface area contributed by atoms with Crippen molar-refractivity contribution in [2.75, 3.05) is 27.4 Å². The number of thioether (sulfide) groups is 1. The number of amides is 2. The molecule has 0 spiro atoms. The lowest BCUT2D eigenvalue weighted by molar-refractivity contribution is -0.385. The number of aromatic hydroxyl groups is 1. The summed E-state index contributed by atoms with van der Waals surface area (Å²) in [6.45, 7) is 0.615. The van der Waals surface area contributed by atoms with Crippen LogP contribution >= 0.6 is 11.8 Å². The molecule has 10 heteroatoms. The van der Waals surface area contributed by atoms with Gasteiger partial charge in [0.2, 0.25) is 0 Å². The Morgan fingerprint density at radius 3 is 2.68 bits per heavy atom. The van der Waals surface area contributed by atoms with Gasteiger partial charge in [0.25, 0.3) is 16.8 Å². The molecule has 1 aromatic rings. The summed E-state index contributed by atoms with van der Waals surface area (Å²) in [4.78, 5) is 35.8.